The van der Waals surface area contributed by atoms with Crippen LogP contribution in [0, 0.1) is 0 Å². The van der Waals surface area contributed by atoms with E-state index in [0.717, 1.165) is 12.1 Å². The first kappa shape index (κ1) is 22.7. The molecule has 10 heteroatoms. The average molecular weight is 466 g/mol. The van der Waals surface area contributed by atoms with Gasteiger partial charge < -0.3 is 15.4 Å². The monoisotopic (exact) mass is 466 g/mol. The summed E-state index contributed by atoms with van der Waals surface area (Å²) >= 11 is 0. The summed E-state index contributed by atoms with van der Waals surface area (Å²) < 4.78 is 44.6. The zero-order valence-electron chi connectivity index (χ0n) is 17.7. The number of anilines is 1. The van der Waals surface area contributed by atoms with Gasteiger partial charge in [0.25, 0.3) is 11.8 Å². The molecule has 0 aliphatic rings. The van der Waals surface area contributed by atoms with Crippen LogP contribution < -0.4 is 15.4 Å². The number of hydrogen-bond acceptors (Lipinski definition) is 5. The molecular formula is C24H17F3N4O3. The number of nitrogens with zero attached hydrogens (tertiary/aromatic N) is 2. The molecule has 1 aromatic heterocycles. The van der Waals surface area contributed by atoms with Gasteiger partial charge >= 0.3 is 6.18 Å². The summed E-state index contributed by atoms with van der Waals surface area (Å²) in [7, 11) is 1.48. The van der Waals surface area contributed by atoms with E-state index in [4.69, 9.17) is 4.74 Å². The van der Waals surface area contributed by atoms with Crippen molar-refractivity contribution in [2.24, 2.45) is 0 Å². The van der Waals surface area contributed by atoms with Crippen LogP contribution in [-0.2, 0) is 6.18 Å². The molecule has 0 bridgehead atoms. The van der Waals surface area contributed by atoms with Gasteiger partial charge in [0.2, 0.25) is 5.88 Å². The number of halogens is 3. The maximum atomic E-state index is 13.0. The number of ether oxygens (including phenoxy) is 1. The molecule has 0 spiro atoms. The molecule has 0 saturated carbocycles. The first-order valence-corrected chi connectivity index (χ1v) is 9.98. The van der Waals surface area contributed by atoms with Gasteiger partial charge in [-0.2, -0.15) is 13.2 Å². The number of rotatable bonds is 5. The largest absolute Gasteiger partial charge is 0.439 e. The molecule has 0 atom stereocenters. The van der Waals surface area contributed by atoms with Crippen LogP contribution in [0.2, 0.25) is 0 Å². The highest BCUT2D eigenvalue weighted by Gasteiger charge is 2.30. The number of nitrogens with one attached hydrogen (secondary N) is 2. The van der Waals surface area contributed by atoms with Crippen LogP contribution in [-0.4, -0.2) is 28.8 Å². The summed E-state index contributed by atoms with van der Waals surface area (Å²) in [4.78, 5) is 32.4. The molecule has 4 aromatic rings. The van der Waals surface area contributed by atoms with Crippen molar-refractivity contribution in [3.63, 3.8) is 0 Å². The van der Waals surface area contributed by atoms with E-state index in [1.807, 2.05) is 0 Å². The highest BCUT2D eigenvalue weighted by molar-refractivity contribution is 6.13. The predicted octanol–water partition coefficient (Wildman–Crippen LogP) is 5.05. The lowest BCUT2D eigenvalue weighted by molar-refractivity contribution is -0.137. The Kier molecular flexibility index (Phi) is 6.13. The number of carbonyl (C=O) groups is 2. The van der Waals surface area contributed by atoms with Gasteiger partial charge in [-0.3, -0.25) is 9.59 Å². The molecule has 4 rings (SSSR count). The molecule has 1 heterocycles. The van der Waals surface area contributed by atoms with Gasteiger partial charge in [-0.15, -0.1) is 0 Å². The minimum Gasteiger partial charge on any atom is -0.439 e. The number of alkyl halides is 3. The first-order valence-electron chi connectivity index (χ1n) is 9.98. The van der Waals surface area contributed by atoms with E-state index in [0.29, 0.717) is 16.5 Å². The van der Waals surface area contributed by atoms with Crippen LogP contribution in [0.1, 0.15) is 26.4 Å². The fraction of sp³-hybridized carbons (Fsp3) is 0.0833. The third-order valence-corrected chi connectivity index (χ3v) is 4.87. The molecule has 3 aromatic carbocycles. The highest BCUT2D eigenvalue weighted by Crippen LogP contribution is 2.31. The Morgan fingerprint density at radius 3 is 2.47 bits per heavy atom. The SMILES string of the molecule is CNC(=O)c1cc(Oc2ccc3c(C(=O)Nc4cccc(C(F)(F)F)c4)cccc3c2)ncn1. The first-order chi connectivity index (χ1) is 16.2. The third-order valence-electron chi connectivity index (χ3n) is 4.87. The van der Waals surface area contributed by atoms with Crippen molar-refractivity contribution in [1.82, 2.24) is 15.3 Å². The molecule has 2 N–H and O–H groups in total. The smallest absolute Gasteiger partial charge is 0.416 e. The van der Waals surface area contributed by atoms with Crippen LogP contribution in [0.3, 0.4) is 0 Å². The lowest BCUT2D eigenvalue weighted by Gasteiger charge is -2.12. The fourth-order valence-electron chi connectivity index (χ4n) is 3.26. The second kappa shape index (κ2) is 9.18. The van der Waals surface area contributed by atoms with Crippen LogP contribution in [0.5, 0.6) is 11.6 Å². The second-order valence-electron chi connectivity index (χ2n) is 7.14. The van der Waals surface area contributed by atoms with Gasteiger partial charge in [-0.05, 0) is 53.2 Å². The van der Waals surface area contributed by atoms with Crippen LogP contribution in [0.25, 0.3) is 10.8 Å². The van der Waals surface area contributed by atoms with E-state index in [1.54, 1.807) is 36.4 Å². The number of aromatic nitrogens is 2. The maximum Gasteiger partial charge on any atom is 0.416 e. The predicted molar refractivity (Wildman–Crippen MR) is 119 cm³/mol. The summed E-state index contributed by atoms with van der Waals surface area (Å²) in [6.07, 6.45) is -3.31. The zero-order valence-corrected chi connectivity index (χ0v) is 17.7. The summed E-state index contributed by atoms with van der Waals surface area (Å²) in [6, 6.07) is 15.8. The van der Waals surface area contributed by atoms with Crippen molar-refractivity contribution in [1.29, 1.82) is 0 Å². The molecule has 0 unspecified atom stereocenters. The van der Waals surface area contributed by atoms with E-state index in [9.17, 15) is 22.8 Å². The Bertz CT molecular complexity index is 1390. The summed E-state index contributed by atoms with van der Waals surface area (Å²) in [5.41, 5.74) is -0.394. The van der Waals surface area contributed by atoms with Crippen molar-refractivity contribution < 1.29 is 27.5 Å². The van der Waals surface area contributed by atoms with Crippen LogP contribution in [0.4, 0.5) is 18.9 Å². The van der Waals surface area contributed by atoms with Gasteiger partial charge in [0.05, 0.1) is 5.56 Å². The second-order valence-corrected chi connectivity index (χ2v) is 7.14. The quantitative estimate of drug-likeness (QED) is 0.429. The lowest BCUT2D eigenvalue weighted by Crippen LogP contribution is -2.19. The highest BCUT2D eigenvalue weighted by atomic mass is 19.4. The molecule has 172 valence electrons. The Hall–Kier alpha value is -4.47. The van der Waals surface area contributed by atoms with E-state index >= 15 is 0 Å². The van der Waals surface area contributed by atoms with E-state index in [2.05, 4.69) is 20.6 Å². The molecule has 7 nitrogen and oxygen atoms in total. The molecular weight excluding hydrogens is 449 g/mol. The maximum absolute atomic E-state index is 13.0. The Morgan fingerprint density at radius 1 is 0.912 bits per heavy atom. The van der Waals surface area contributed by atoms with Gasteiger partial charge in [-0.25, -0.2) is 9.97 Å². The van der Waals surface area contributed by atoms with Crippen LogP contribution in [0.15, 0.2) is 73.1 Å². The van der Waals surface area contributed by atoms with Gasteiger partial charge in [0.15, 0.2) is 0 Å². The number of carbonyl (C=O) groups excluding carboxylic acids is 2. The molecule has 0 aliphatic heterocycles. The minimum atomic E-state index is -4.51. The molecule has 0 fully saturated rings. The molecule has 34 heavy (non-hydrogen) atoms. The summed E-state index contributed by atoms with van der Waals surface area (Å²) in [6.45, 7) is 0. The Balaban J connectivity index is 1.58. The number of hydrogen-bond donors (Lipinski definition) is 2. The van der Waals surface area contributed by atoms with Crippen molar-refractivity contribution in [3.05, 3.63) is 89.9 Å². The summed E-state index contributed by atoms with van der Waals surface area (Å²) in [5, 5.41) is 6.22. The Labute approximate surface area is 191 Å². The third kappa shape index (κ3) is 4.96. The van der Waals surface area contributed by atoms with Crippen molar-refractivity contribution in [2.75, 3.05) is 12.4 Å². The normalized spacial score (nSPS) is 11.2. The van der Waals surface area contributed by atoms with Gasteiger partial charge in [-0.1, -0.05) is 18.2 Å². The molecule has 0 radical (unpaired) electrons. The number of fused-ring (bicyclic) bond motifs is 1. The van der Waals surface area contributed by atoms with E-state index < -0.39 is 17.6 Å². The van der Waals surface area contributed by atoms with E-state index in [-0.39, 0.29) is 28.7 Å². The molecule has 0 saturated heterocycles. The number of amides is 2. The average Bonchev–Trinajstić information content (AvgIpc) is 2.82. The van der Waals surface area contributed by atoms with Gasteiger partial charge in [0.1, 0.15) is 17.8 Å². The molecule has 2 amide bonds. The van der Waals surface area contributed by atoms with E-state index in [1.165, 1.54) is 31.6 Å². The topological polar surface area (TPSA) is 93.2 Å². The summed E-state index contributed by atoms with van der Waals surface area (Å²) in [5.74, 6) is -0.373. The standard InChI is InChI=1S/C24H17F3N4O3/c1-28-23(33)20-12-21(30-13-29-20)34-17-8-9-18-14(10-17)4-2-7-19(18)22(32)31-16-6-3-5-15(11-16)24(25,26)27/h2-13H,1H3,(H,28,33)(H,31,32). The van der Waals surface area contributed by atoms with Crippen LogP contribution >= 0.6 is 0 Å². The van der Waals surface area contributed by atoms with Crippen molar-refractivity contribution in [2.45, 2.75) is 6.18 Å². The lowest BCUT2D eigenvalue weighted by atomic mass is 10.0. The Morgan fingerprint density at radius 2 is 1.71 bits per heavy atom. The van der Waals surface area contributed by atoms with Crippen molar-refractivity contribution >= 4 is 28.3 Å². The minimum absolute atomic E-state index is 0.0347. The molecule has 0 aliphatic carbocycles. The van der Waals surface area contributed by atoms with Gasteiger partial charge in [0, 0.05) is 24.4 Å². The van der Waals surface area contributed by atoms with Crippen molar-refractivity contribution in [3.8, 4) is 11.6 Å². The zero-order chi connectivity index (χ0) is 24.3. The fourth-order valence-corrected chi connectivity index (χ4v) is 3.26. The number of benzene rings is 3.